The number of carbonyl (C=O) groups excluding carboxylic acids is 1. The molecule has 6 nitrogen and oxygen atoms in total. The first-order valence-corrected chi connectivity index (χ1v) is 8.50. The maximum Gasteiger partial charge on any atom is 0.317 e. The van der Waals surface area contributed by atoms with Crippen molar-refractivity contribution in [1.82, 2.24) is 25.0 Å². The summed E-state index contributed by atoms with van der Waals surface area (Å²) in [5, 5.41) is 11.8. The molecule has 0 saturated heterocycles. The van der Waals surface area contributed by atoms with Crippen LogP contribution in [-0.4, -0.2) is 39.3 Å². The molecular weight excluding hydrogens is 278 g/mol. The molecule has 0 spiro atoms. The maximum absolute atomic E-state index is 12.5. The smallest absolute Gasteiger partial charge is 0.317 e. The molecule has 1 N–H and O–H groups in total. The molecule has 1 saturated carbocycles. The van der Waals surface area contributed by atoms with Crippen LogP contribution in [0.4, 0.5) is 4.79 Å². The molecule has 2 aliphatic rings. The number of rotatable bonds is 5. The van der Waals surface area contributed by atoms with Crippen molar-refractivity contribution in [2.24, 2.45) is 11.8 Å². The molecule has 2 amide bonds. The summed E-state index contributed by atoms with van der Waals surface area (Å²) in [5.74, 6) is 2.94. The molecule has 22 heavy (non-hydrogen) atoms. The lowest BCUT2D eigenvalue weighted by molar-refractivity contribution is 0.175. The first-order valence-electron chi connectivity index (χ1n) is 8.50. The Hall–Kier alpha value is -1.59. The molecule has 1 aliphatic carbocycles. The average molecular weight is 305 g/mol. The van der Waals surface area contributed by atoms with E-state index in [1.165, 1.54) is 19.3 Å². The lowest BCUT2D eigenvalue weighted by Crippen LogP contribution is -2.44. The minimum absolute atomic E-state index is 0.000877. The first-order chi connectivity index (χ1) is 10.6. The van der Waals surface area contributed by atoms with Gasteiger partial charge in [0.15, 0.2) is 5.82 Å². The number of aromatic nitrogens is 3. The number of amides is 2. The highest BCUT2D eigenvalue weighted by Crippen LogP contribution is 2.27. The monoisotopic (exact) mass is 305 g/mol. The number of fused-ring (bicyclic) bond motifs is 1. The van der Waals surface area contributed by atoms with Gasteiger partial charge in [0.25, 0.3) is 0 Å². The summed E-state index contributed by atoms with van der Waals surface area (Å²) in [7, 11) is 1.89. The summed E-state index contributed by atoms with van der Waals surface area (Å²) in [6, 6.07) is -0.0726. The van der Waals surface area contributed by atoms with Gasteiger partial charge in [0.1, 0.15) is 5.82 Å². The zero-order chi connectivity index (χ0) is 15.7. The van der Waals surface area contributed by atoms with Crippen molar-refractivity contribution in [3.8, 4) is 0 Å². The molecule has 0 radical (unpaired) electrons. The predicted molar refractivity (Wildman–Crippen MR) is 84.4 cm³/mol. The van der Waals surface area contributed by atoms with Crippen LogP contribution in [0.3, 0.4) is 0 Å². The molecule has 0 aromatic carbocycles. The summed E-state index contributed by atoms with van der Waals surface area (Å²) < 4.78 is 2.18. The Balaban J connectivity index is 1.67. The highest BCUT2D eigenvalue weighted by Gasteiger charge is 2.29. The molecule has 1 unspecified atom stereocenters. The minimum Gasteiger partial charge on any atom is -0.328 e. The molecule has 1 atom stereocenters. The Morgan fingerprint density at radius 2 is 2.14 bits per heavy atom. The van der Waals surface area contributed by atoms with E-state index in [2.05, 4.69) is 33.9 Å². The highest BCUT2D eigenvalue weighted by atomic mass is 16.2. The van der Waals surface area contributed by atoms with E-state index < -0.39 is 0 Å². The lowest BCUT2D eigenvalue weighted by Gasteiger charge is -2.31. The van der Waals surface area contributed by atoms with Crippen LogP contribution in [0.25, 0.3) is 0 Å². The van der Waals surface area contributed by atoms with Gasteiger partial charge in [0, 0.05) is 26.6 Å². The zero-order valence-corrected chi connectivity index (χ0v) is 13.9. The Labute approximate surface area is 132 Å². The van der Waals surface area contributed by atoms with Crippen LogP contribution < -0.4 is 5.32 Å². The van der Waals surface area contributed by atoms with Gasteiger partial charge in [-0.05, 0) is 31.1 Å². The molecule has 1 aliphatic heterocycles. The van der Waals surface area contributed by atoms with Crippen molar-refractivity contribution < 1.29 is 4.79 Å². The van der Waals surface area contributed by atoms with Crippen LogP contribution in [0.1, 0.15) is 57.2 Å². The Morgan fingerprint density at radius 1 is 1.36 bits per heavy atom. The SMILES string of the molecule is CC(C)C(NC(=O)N(C)CC1CCC1)c1nnc2n1CCC2. The second-order valence-corrected chi connectivity index (χ2v) is 7.08. The third kappa shape index (κ3) is 2.96. The summed E-state index contributed by atoms with van der Waals surface area (Å²) in [4.78, 5) is 14.3. The van der Waals surface area contributed by atoms with Gasteiger partial charge >= 0.3 is 6.03 Å². The third-order valence-electron chi connectivity index (χ3n) is 4.97. The fourth-order valence-electron chi connectivity index (χ4n) is 3.32. The number of urea groups is 1. The Morgan fingerprint density at radius 3 is 2.77 bits per heavy atom. The average Bonchev–Trinajstić information content (AvgIpc) is 3.02. The highest BCUT2D eigenvalue weighted by molar-refractivity contribution is 5.74. The molecule has 1 fully saturated rings. The number of carbonyl (C=O) groups is 1. The number of nitrogens with one attached hydrogen (secondary N) is 1. The van der Waals surface area contributed by atoms with Gasteiger partial charge in [-0.25, -0.2) is 4.79 Å². The third-order valence-corrected chi connectivity index (χ3v) is 4.97. The van der Waals surface area contributed by atoms with E-state index in [1.807, 2.05) is 11.9 Å². The van der Waals surface area contributed by atoms with Crippen LogP contribution in [0.5, 0.6) is 0 Å². The van der Waals surface area contributed by atoms with E-state index in [4.69, 9.17) is 0 Å². The number of hydrogen-bond donors (Lipinski definition) is 1. The molecule has 122 valence electrons. The lowest BCUT2D eigenvalue weighted by atomic mass is 9.85. The van der Waals surface area contributed by atoms with Crippen molar-refractivity contribution in [3.63, 3.8) is 0 Å². The van der Waals surface area contributed by atoms with Crippen molar-refractivity contribution in [3.05, 3.63) is 11.6 Å². The summed E-state index contributed by atoms with van der Waals surface area (Å²) in [5.41, 5.74) is 0. The van der Waals surface area contributed by atoms with Crippen LogP contribution in [-0.2, 0) is 13.0 Å². The fourth-order valence-corrected chi connectivity index (χ4v) is 3.32. The van der Waals surface area contributed by atoms with Crippen LogP contribution in [0.2, 0.25) is 0 Å². The van der Waals surface area contributed by atoms with Gasteiger partial charge in [-0.2, -0.15) is 0 Å². The van der Waals surface area contributed by atoms with Gasteiger partial charge in [-0.15, -0.1) is 10.2 Å². The van der Waals surface area contributed by atoms with Gasteiger partial charge in [-0.1, -0.05) is 20.3 Å². The first kappa shape index (κ1) is 15.3. The molecule has 2 heterocycles. The van der Waals surface area contributed by atoms with Crippen molar-refractivity contribution in [2.75, 3.05) is 13.6 Å². The molecule has 0 bridgehead atoms. The molecule has 1 aromatic heterocycles. The van der Waals surface area contributed by atoms with Crippen molar-refractivity contribution in [2.45, 2.75) is 58.5 Å². The van der Waals surface area contributed by atoms with E-state index in [-0.39, 0.29) is 18.0 Å². The van der Waals surface area contributed by atoms with E-state index >= 15 is 0 Å². The summed E-state index contributed by atoms with van der Waals surface area (Å²) >= 11 is 0. The van der Waals surface area contributed by atoms with E-state index in [0.717, 1.165) is 37.6 Å². The number of nitrogens with zero attached hydrogens (tertiary/aromatic N) is 4. The van der Waals surface area contributed by atoms with Gasteiger partial charge in [-0.3, -0.25) is 0 Å². The van der Waals surface area contributed by atoms with Gasteiger partial charge < -0.3 is 14.8 Å². The molecule has 6 heteroatoms. The molecule has 1 aromatic rings. The largest absolute Gasteiger partial charge is 0.328 e. The normalized spacial score (nSPS) is 18.9. The van der Waals surface area contributed by atoms with Gasteiger partial charge in [0.2, 0.25) is 0 Å². The predicted octanol–water partition coefficient (Wildman–Crippen LogP) is 2.36. The van der Waals surface area contributed by atoms with Crippen molar-refractivity contribution >= 4 is 6.03 Å². The molecule has 3 rings (SSSR count). The standard InChI is InChI=1S/C16H27N5O/c1-11(2)14(15-19-18-13-8-5-9-21(13)15)17-16(22)20(3)10-12-6-4-7-12/h11-12,14H,4-10H2,1-3H3,(H,17,22). The molecular formula is C16H27N5O. The van der Waals surface area contributed by atoms with E-state index in [1.54, 1.807) is 0 Å². The quantitative estimate of drug-likeness (QED) is 0.908. The Kier molecular flexibility index (Phi) is 4.36. The van der Waals surface area contributed by atoms with Crippen LogP contribution in [0.15, 0.2) is 0 Å². The van der Waals surface area contributed by atoms with Crippen molar-refractivity contribution in [1.29, 1.82) is 0 Å². The number of aryl methyl sites for hydroxylation is 1. The van der Waals surface area contributed by atoms with E-state index in [0.29, 0.717) is 5.92 Å². The van der Waals surface area contributed by atoms with Crippen LogP contribution in [0, 0.1) is 11.8 Å². The zero-order valence-electron chi connectivity index (χ0n) is 13.9. The maximum atomic E-state index is 12.5. The number of hydrogen-bond acceptors (Lipinski definition) is 3. The summed E-state index contributed by atoms with van der Waals surface area (Å²) in [6.45, 7) is 6.06. The van der Waals surface area contributed by atoms with E-state index in [9.17, 15) is 4.79 Å². The second kappa shape index (κ2) is 6.26. The Bertz CT molecular complexity index is 535. The van der Waals surface area contributed by atoms with Gasteiger partial charge in [0.05, 0.1) is 6.04 Å². The second-order valence-electron chi connectivity index (χ2n) is 7.08. The minimum atomic E-state index is -0.0734. The fraction of sp³-hybridized carbons (Fsp3) is 0.812. The summed E-state index contributed by atoms with van der Waals surface area (Å²) in [6.07, 6.45) is 5.93. The topological polar surface area (TPSA) is 63.1 Å². The van der Waals surface area contributed by atoms with Crippen LogP contribution >= 0.6 is 0 Å².